The van der Waals surface area contributed by atoms with E-state index >= 15 is 0 Å². The SMILES string of the molecule is Cc1ccc(S(=O)(=O)N(CC(=O)N(Cc2ccccc2)Cc2cccn2C)C2CC2)cc1. The van der Waals surface area contributed by atoms with Crippen LogP contribution in [0.15, 0.2) is 77.8 Å². The van der Waals surface area contributed by atoms with Gasteiger partial charge < -0.3 is 9.47 Å². The second-order valence-corrected chi connectivity index (χ2v) is 10.3. The van der Waals surface area contributed by atoms with Crippen molar-refractivity contribution in [3.63, 3.8) is 0 Å². The Balaban J connectivity index is 1.58. The molecule has 4 rings (SSSR count). The van der Waals surface area contributed by atoms with Crippen molar-refractivity contribution in [2.45, 2.75) is 43.8 Å². The minimum absolute atomic E-state index is 0.112. The van der Waals surface area contributed by atoms with Gasteiger partial charge in [0, 0.05) is 31.5 Å². The number of hydrogen-bond acceptors (Lipinski definition) is 3. The van der Waals surface area contributed by atoms with Crippen LogP contribution in [-0.2, 0) is 35.0 Å². The van der Waals surface area contributed by atoms with Gasteiger partial charge in [-0.1, -0.05) is 48.0 Å². The smallest absolute Gasteiger partial charge is 0.243 e. The van der Waals surface area contributed by atoms with Crippen LogP contribution in [0.4, 0.5) is 0 Å². The molecule has 1 aliphatic rings. The van der Waals surface area contributed by atoms with E-state index in [1.807, 2.05) is 67.2 Å². The van der Waals surface area contributed by atoms with E-state index in [4.69, 9.17) is 0 Å². The first-order valence-corrected chi connectivity index (χ1v) is 12.3. The zero-order valence-corrected chi connectivity index (χ0v) is 19.3. The number of aryl methyl sites for hydroxylation is 2. The number of aromatic nitrogens is 1. The lowest BCUT2D eigenvalue weighted by Crippen LogP contribution is -2.43. The van der Waals surface area contributed by atoms with Gasteiger partial charge in [0.2, 0.25) is 15.9 Å². The van der Waals surface area contributed by atoms with E-state index < -0.39 is 10.0 Å². The van der Waals surface area contributed by atoms with E-state index in [0.29, 0.717) is 13.1 Å². The van der Waals surface area contributed by atoms with E-state index in [9.17, 15) is 13.2 Å². The highest BCUT2D eigenvalue weighted by Crippen LogP contribution is 2.32. The first-order chi connectivity index (χ1) is 15.3. The van der Waals surface area contributed by atoms with Crippen molar-refractivity contribution >= 4 is 15.9 Å². The van der Waals surface area contributed by atoms with Gasteiger partial charge in [0.05, 0.1) is 18.0 Å². The second kappa shape index (κ2) is 9.30. The third-order valence-corrected chi connectivity index (χ3v) is 7.76. The molecule has 168 valence electrons. The Bertz CT molecular complexity index is 1170. The highest BCUT2D eigenvalue weighted by atomic mass is 32.2. The fraction of sp³-hybridized carbons (Fsp3) is 0.320. The Labute approximate surface area is 190 Å². The maximum atomic E-state index is 13.5. The molecule has 0 atom stereocenters. The summed E-state index contributed by atoms with van der Waals surface area (Å²) >= 11 is 0. The van der Waals surface area contributed by atoms with Crippen LogP contribution in [-0.4, -0.2) is 40.7 Å². The lowest BCUT2D eigenvalue weighted by molar-refractivity contribution is -0.132. The van der Waals surface area contributed by atoms with Gasteiger partial charge in [0.15, 0.2) is 0 Å². The molecular formula is C25H29N3O3S. The lowest BCUT2D eigenvalue weighted by atomic mass is 10.2. The molecule has 2 aromatic carbocycles. The van der Waals surface area contributed by atoms with Crippen LogP contribution in [0.1, 0.15) is 29.7 Å². The van der Waals surface area contributed by atoms with Crippen molar-refractivity contribution in [3.8, 4) is 0 Å². The van der Waals surface area contributed by atoms with Crippen molar-refractivity contribution < 1.29 is 13.2 Å². The van der Waals surface area contributed by atoms with Gasteiger partial charge >= 0.3 is 0 Å². The number of amides is 1. The van der Waals surface area contributed by atoms with Crippen LogP contribution >= 0.6 is 0 Å². The molecule has 0 spiro atoms. The molecule has 1 aliphatic carbocycles. The molecule has 0 bridgehead atoms. The number of nitrogens with zero attached hydrogens (tertiary/aromatic N) is 3. The van der Waals surface area contributed by atoms with Crippen LogP contribution in [0.3, 0.4) is 0 Å². The van der Waals surface area contributed by atoms with Gasteiger partial charge in [-0.3, -0.25) is 4.79 Å². The summed E-state index contributed by atoms with van der Waals surface area (Å²) in [5.41, 5.74) is 3.00. The van der Waals surface area contributed by atoms with Gasteiger partial charge in [0.25, 0.3) is 0 Å². The quantitative estimate of drug-likeness (QED) is 0.498. The van der Waals surface area contributed by atoms with Crippen molar-refractivity contribution in [2.24, 2.45) is 7.05 Å². The predicted molar refractivity (Wildman–Crippen MR) is 124 cm³/mol. The molecule has 6 nitrogen and oxygen atoms in total. The third-order valence-electron chi connectivity index (χ3n) is 5.85. The summed E-state index contributed by atoms with van der Waals surface area (Å²) in [6.07, 6.45) is 3.52. The first-order valence-electron chi connectivity index (χ1n) is 10.8. The summed E-state index contributed by atoms with van der Waals surface area (Å²) in [7, 11) is -1.80. The molecule has 0 radical (unpaired) electrons. The first kappa shape index (κ1) is 22.3. The Morgan fingerprint density at radius 2 is 1.66 bits per heavy atom. The van der Waals surface area contributed by atoms with Gasteiger partial charge in [-0.2, -0.15) is 4.31 Å². The monoisotopic (exact) mass is 451 g/mol. The number of benzene rings is 2. The van der Waals surface area contributed by atoms with Gasteiger partial charge in [-0.05, 0) is 49.6 Å². The second-order valence-electron chi connectivity index (χ2n) is 8.44. The summed E-state index contributed by atoms with van der Waals surface area (Å²) in [5.74, 6) is -0.197. The number of hydrogen-bond donors (Lipinski definition) is 0. The number of rotatable bonds is 9. The number of carbonyl (C=O) groups excluding carboxylic acids is 1. The largest absolute Gasteiger partial charge is 0.353 e. The predicted octanol–water partition coefficient (Wildman–Crippen LogP) is 3.72. The van der Waals surface area contributed by atoms with Crippen molar-refractivity contribution in [3.05, 3.63) is 89.7 Å². The average molecular weight is 452 g/mol. The highest BCUT2D eigenvalue weighted by Gasteiger charge is 2.40. The minimum atomic E-state index is -3.75. The molecule has 1 amide bonds. The number of carbonyl (C=O) groups is 1. The van der Waals surface area contributed by atoms with Crippen LogP contribution < -0.4 is 0 Å². The van der Waals surface area contributed by atoms with Crippen LogP contribution in [0.25, 0.3) is 0 Å². The zero-order chi connectivity index (χ0) is 22.7. The van der Waals surface area contributed by atoms with E-state index in [2.05, 4.69) is 0 Å². The van der Waals surface area contributed by atoms with Crippen LogP contribution in [0.5, 0.6) is 0 Å². The molecule has 0 aliphatic heterocycles. The third kappa shape index (κ3) is 5.11. The minimum Gasteiger partial charge on any atom is -0.353 e. The number of sulfonamides is 1. The van der Waals surface area contributed by atoms with E-state index in [1.165, 1.54) is 4.31 Å². The summed E-state index contributed by atoms with van der Waals surface area (Å²) < 4.78 is 30.1. The van der Waals surface area contributed by atoms with Crippen molar-refractivity contribution in [1.29, 1.82) is 0 Å². The highest BCUT2D eigenvalue weighted by molar-refractivity contribution is 7.89. The van der Waals surface area contributed by atoms with E-state index in [-0.39, 0.29) is 23.4 Å². The Kier molecular flexibility index (Phi) is 6.48. The maximum Gasteiger partial charge on any atom is 0.243 e. The summed E-state index contributed by atoms with van der Waals surface area (Å²) in [6.45, 7) is 2.61. The fourth-order valence-corrected chi connectivity index (χ4v) is 5.38. The molecule has 7 heteroatoms. The maximum absolute atomic E-state index is 13.5. The summed E-state index contributed by atoms with van der Waals surface area (Å²) in [4.78, 5) is 15.4. The van der Waals surface area contributed by atoms with Crippen LogP contribution in [0, 0.1) is 6.92 Å². The molecule has 1 heterocycles. The Hall–Kier alpha value is -2.90. The lowest BCUT2D eigenvalue weighted by Gasteiger charge is -2.27. The standard InChI is InChI=1S/C25H29N3O3S/c1-20-10-14-24(15-11-20)32(30,31)28(22-12-13-22)19-25(29)27(17-21-7-4-3-5-8-21)18-23-9-6-16-26(23)2/h3-11,14-16,22H,12-13,17-19H2,1-2H3. The van der Waals surface area contributed by atoms with Crippen molar-refractivity contribution in [1.82, 2.24) is 13.8 Å². The average Bonchev–Trinajstić information content (AvgIpc) is 3.54. The Morgan fingerprint density at radius 3 is 2.25 bits per heavy atom. The topological polar surface area (TPSA) is 62.6 Å². The molecule has 32 heavy (non-hydrogen) atoms. The van der Waals surface area contributed by atoms with E-state index in [1.54, 1.807) is 29.2 Å². The summed E-state index contributed by atoms with van der Waals surface area (Å²) in [5, 5.41) is 0. The molecule has 0 unspecified atom stereocenters. The zero-order valence-electron chi connectivity index (χ0n) is 18.5. The molecule has 1 saturated carbocycles. The fourth-order valence-electron chi connectivity index (χ4n) is 3.74. The van der Waals surface area contributed by atoms with E-state index in [0.717, 1.165) is 29.7 Å². The Morgan fingerprint density at radius 1 is 0.969 bits per heavy atom. The van der Waals surface area contributed by atoms with Crippen LogP contribution in [0.2, 0.25) is 0 Å². The van der Waals surface area contributed by atoms with Gasteiger partial charge in [-0.25, -0.2) is 8.42 Å². The summed E-state index contributed by atoms with van der Waals surface area (Å²) in [6, 6.07) is 20.4. The van der Waals surface area contributed by atoms with Gasteiger partial charge in [0.1, 0.15) is 0 Å². The molecule has 0 saturated heterocycles. The van der Waals surface area contributed by atoms with Crippen molar-refractivity contribution in [2.75, 3.05) is 6.54 Å². The molecule has 1 aromatic heterocycles. The van der Waals surface area contributed by atoms with Gasteiger partial charge in [-0.15, -0.1) is 0 Å². The normalized spacial score (nSPS) is 14.0. The molecule has 0 N–H and O–H groups in total. The molecule has 3 aromatic rings. The molecular weight excluding hydrogens is 422 g/mol. The molecule has 1 fully saturated rings.